The molecule has 4 heteroatoms. The summed E-state index contributed by atoms with van der Waals surface area (Å²) in [6.45, 7) is 0.707. The Morgan fingerprint density at radius 2 is 2.25 bits per heavy atom. The first kappa shape index (κ1) is 9.15. The predicted octanol–water partition coefficient (Wildman–Crippen LogP) is 1.88. The number of oxazole rings is 1. The molecule has 0 aliphatic carbocycles. The highest BCUT2D eigenvalue weighted by Gasteiger charge is 2.26. The fourth-order valence-corrected chi connectivity index (χ4v) is 2.00. The van der Waals surface area contributed by atoms with Gasteiger partial charge >= 0.3 is 0 Å². The van der Waals surface area contributed by atoms with Gasteiger partial charge < -0.3 is 9.32 Å². The van der Waals surface area contributed by atoms with Gasteiger partial charge in [-0.05, 0) is 18.1 Å². The minimum absolute atomic E-state index is 0.123. The lowest BCUT2D eigenvalue weighted by molar-refractivity contribution is 0.0963. The van der Waals surface area contributed by atoms with Crippen LogP contribution in [0.4, 0.5) is 5.69 Å². The van der Waals surface area contributed by atoms with Crippen LogP contribution in [0.15, 0.2) is 41.3 Å². The van der Waals surface area contributed by atoms with E-state index in [9.17, 15) is 4.79 Å². The summed E-state index contributed by atoms with van der Waals surface area (Å²) in [6, 6.07) is 7.92. The van der Waals surface area contributed by atoms with Gasteiger partial charge in [0.2, 0.25) is 5.76 Å². The van der Waals surface area contributed by atoms with Crippen molar-refractivity contribution in [3.05, 3.63) is 48.2 Å². The van der Waals surface area contributed by atoms with Crippen molar-refractivity contribution in [2.45, 2.75) is 6.42 Å². The van der Waals surface area contributed by atoms with Crippen LogP contribution < -0.4 is 4.90 Å². The van der Waals surface area contributed by atoms with Crippen LogP contribution in [0.25, 0.3) is 0 Å². The van der Waals surface area contributed by atoms with E-state index in [-0.39, 0.29) is 11.7 Å². The Kier molecular flexibility index (Phi) is 1.99. The lowest BCUT2D eigenvalue weighted by Crippen LogP contribution is -2.28. The van der Waals surface area contributed by atoms with Crippen molar-refractivity contribution in [2.24, 2.45) is 0 Å². The topological polar surface area (TPSA) is 46.3 Å². The molecule has 1 aliphatic heterocycles. The van der Waals surface area contributed by atoms with Crippen LogP contribution in [-0.4, -0.2) is 17.4 Å². The maximum Gasteiger partial charge on any atom is 0.295 e. The quantitative estimate of drug-likeness (QED) is 0.728. The second-order valence-electron chi connectivity index (χ2n) is 3.70. The fraction of sp³-hybridized carbons (Fsp3) is 0.167. The second kappa shape index (κ2) is 3.48. The molecule has 1 aliphatic rings. The fourth-order valence-electron chi connectivity index (χ4n) is 2.00. The number of anilines is 1. The Morgan fingerprint density at radius 1 is 1.38 bits per heavy atom. The molecule has 0 atom stereocenters. The SMILES string of the molecule is O=C(c1cnco1)N1CCc2ccccc21. The molecule has 80 valence electrons. The molecule has 0 bridgehead atoms. The highest BCUT2D eigenvalue weighted by Crippen LogP contribution is 2.28. The summed E-state index contributed by atoms with van der Waals surface area (Å²) in [5.74, 6) is 0.166. The molecule has 1 amide bonds. The number of nitrogens with zero attached hydrogens (tertiary/aromatic N) is 2. The van der Waals surface area contributed by atoms with Gasteiger partial charge in [0, 0.05) is 12.2 Å². The van der Waals surface area contributed by atoms with Gasteiger partial charge in [-0.25, -0.2) is 4.98 Å². The van der Waals surface area contributed by atoms with Crippen molar-refractivity contribution in [3.63, 3.8) is 0 Å². The van der Waals surface area contributed by atoms with Gasteiger partial charge in [0.1, 0.15) is 0 Å². The first-order valence-corrected chi connectivity index (χ1v) is 5.14. The molecular formula is C12H10N2O2. The van der Waals surface area contributed by atoms with Crippen LogP contribution in [0.1, 0.15) is 16.1 Å². The van der Waals surface area contributed by atoms with Crippen molar-refractivity contribution >= 4 is 11.6 Å². The van der Waals surface area contributed by atoms with Crippen molar-refractivity contribution in [3.8, 4) is 0 Å². The van der Waals surface area contributed by atoms with Gasteiger partial charge in [0.15, 0.2) is 6.39 Å². The van der Waals surface area contributed by atoms with E-state index in [4.69, 9.17) is 4.42 Å². The summed E-state index contributed by atoms with van der Waals surface area (Å²) in [4.78, 5) is 17.6. The molecule has 0 radical (unpaired) electrons. The first-order valence-electron chi connectivity index (χ1n) is 5.14. The molecule has 16 heavy (non-hydrogen) atoms. The number of carbonyl (C=O) groups is 1. The third-order valence-corrected chi connectivity index (χ3v) is 2.78. The van der Waals surface area contributed by atoms with E-state index in [1.165, 1.54) is 18.2 Å². The van der Waals surface area contributed by atoms with Crippen molar-refractivity contribution in [2.75, 3.05) is 11.4 Å². The summed E-state index contributed by atoms with van der Waals surface area (Å²) in [6.07, 6.45) is 3.62. The summed E-state index contributed by atoms with van der Waals surface area (Å²) in [5.41, 5.74) is 2.18. The van der Waals surface area contributed by atoms with E-state index in [1.54, 1.807) is 4.90 Å². The van der Waals surface area contributed by atoms with Gasteiger partial charge in [-0.2, -0.15) is 0 Å². The van der Waals surface area contributed by atoms with Gasteiger partial charge in [0.25, 0.3) is 5.91 Å². The summed E-state index contributed by atoms with van der Waals surface area (Å²) in [5, 5.41) is 0. The highest BCUT2D eigenvalue weighted by atomic mass is 16.3. The molecule has 0 saturated heterocycles. The van der Waals surface area contributed by atoms with Crippen LogP contribution in [-0.2, 0) is 6.42 Å². The van der Waals surface area contributed by atoms with Crippen molar-refractivity contribution in [1.29, 1.82) is 0 Å². The molecule has 2 heterocycles. The maximum absolute atomic E-state index is 12.1. The van der Waals surface area contributed by atoms with E-state index in [2.05, 4.69) is 4.98 Å². The summed E-state index contributed by atoms with van der Waals surface area (Å²) < 4.78 is 5.02. The zero-order valence-corrected chi connectivity index (χ0v) is 8.59. The van der Waals surface area contributed by atoms with Crippen LogP contribution >= 0.6 is 0 Å². The van der Waals surface area contributed by atoms with Gasteiger partial charge in [-0.1, -0.05) is 18.2 Å². The van der Waals surface area contributed by atoms with Gasteiger partial charge in [0.05, 0.1) is 6.20 Å². The summed E-state index contributed by atoms with van der Waals surface area (Å²) in [7, 11) is 0. The standard InChI is InChI=1S/C12H10N2O2/c15-12(11-7-13-8-16-11)14-6-5-9-3-1-2-4-10(9)14/h1-4,7-8H,5-6H2. The smallest absolute Gasteiger partial charge is 0.295 e. The Balaban J connectivity index is 1.96. The van der Waals surface area contributed by atoms with E-state index >= 15 is 0 Å². The molecule has 0 spiro atoms. The first-order chi connectivity index (χ1) is 7.86. The largest absolute Gasteiger partial charge is 0.438 e. The third-order valence-electron chi connectivity index (χ3n) is 2.78. The number of hydrogen-bond donors (Lipinski definition) is 0. The molecule has 3 rings (SSSR count). The van der Waals surface area contributed by atoms with E-state index < -0.39 is 0 Å². The summed E-state index contributed by atoms with van der Waals surface area (Å²) >= 11 is 0. The van der Waals surface area contributed by atoms with Gasteiger partial charge in [-0.15, -0.1) is 0 Å². The predicted molar refractivity (Wildman–Crippen MR) is 58.3 cm³/mol. The molecule has 0 saturated carbocycles. The Bertz CT molecular complexity index is 520. The zero-order valence-electron chi connectivity index (χ0n) is 8.59. The van der Waals surface area contributed by atoms with E-state index in [1.807, 2.05) is 24.3 Å². The maximum atomic E-state index is 12.1. The number of amides is 1. The number of hydrogen-bond acceptors (Lipinski definition) is 3. The lowest BCUT2D eigenvalue weighted by Gasteiger charge is -2.14. The number of carbonyl (C=O) groups excluding carboxylic acids is 1. The van der Waals surface area contributed by atoms with Crippen LogP contribution in [0.2, 0.25) is 0 Å². The Hall–Kier alpha value is -2.10. The monoisotopic (exact) mass is 214 g/mol. The molecule has 0 N–H and O–H groups in total. The number of aromatic nitrogens is 1. The molecule has 4 nitrogen and oxygen atoms in total. The average molecular weight is 214 g/mol. The zero-order chi connectivity index (χ0) is 11.0. The average Bonchev–Trinajstić information content (AvgIpc) is 2.98. The minimum atomic E-state index is -0.123. The van der Waals surface area contributed by atoms with Crippen LogP contribution in [0.5, 0.6) is 0 Å². The highest BCUT2D eigenvalue weighted by molar-refractivity contribution is 6.05. The van der Waals surface area contributed by atoms with Gasteiger partial charge in [-0.3, -0.25) is 4.79 Å². The molecule has 0 unspecified atom stereocenters. The second-order valence-corrected chi connectivity index (χ2v) is 3.70. The Morgan fingerprint density at radius 3 is 3.06 bits per heavy atom. The van der Waals surface area contributed by atoms with Crippen LogP contribution in [0, 0.1) is 0 Å². The van der Waals surface area contributed by atoms with Crippen LogP contribution in [0.3, 0.4) is 0 Å². The molecule has 0 fully saturated rings. The number of rotatable bonds is 1. The molecule has 2 aromatic rings. The molecular weight excluding hydrogens is 204 g/mol. The number of para-hydroxylation sites is 1. The molecule has 1 aromatic carbocycles. The molecule has 1 aromatic heterocycles. The number of fused-ring (bicyclic) bond motifs is 1. The number of benzene rings is 1. The third kappa shape index (κ3) is 1.31. The Labute approximate surface area is 92.5 Å². The van der Waals surface area contributed by atoms with Crippen molar-refractivity contribution < 1.29 is 9.21 Å². The normalized spacial score (nSPS) is 13.9. The van der Waals surface area contributed by atoms with E-state index in [0.717, 1.165) is 12.1 Å². The van der Waals surface area contributed by atoms with E-state index in [0.29, 0.717) is 6.54 Å². The minimum Gasteiger partial charge on any atom is -0.438 e. The lowest BCUT2D eigenvalue weighted by atomic mass is 10.2. The van der Waals surface area contributed by atoms with Crippen molar-refractivity contribution in [1.82, 2.24) is 4.98 Å².